The lowest BCUT2D eigenvalue weighted by atomic mass is 10.3. The van der Waals surface area contributed by atoms with E-state index in [1.54, 1.807) is 12.1 Å². The van der Waals surface area contributed by atoms with Gasteiger partial charge in [0.2, 0.25) is 0 Å². The minimum absolute atomic E-state index is 0.275. The van der Waals surface area contributed by atoms with Gasteiger partial charge < -0.3 is 14.4 Å². The summed E-state index contributed by atoms with van der Waals surface area (Å²) >= 11 is 0. The molecule has 0 aliphatic carbocycles. The lowest BCUT2D eigenvalue weighted by molar-refractivity contribution is 0.222. The molecular weight excluding hydrogens is 338 g/mol. The lowest BCUT2D eigenvalue weighted by Gasteiger charge is -2.18. The van der Waals surface area contributed by atoms with Crippen LogP contribution in [0, 0.1) is 0 Å². The molecule has 0 fully saturated rings. The predicted octanol–water partition coefficient (Wildman–Crippen LogP) is 3.60. The number of hydrogen-bond donors (Lipinski definition) is 0. The van der Waals surface area contributed by atoms with Gasteiger partial charge in [0.25, 0.3) is 0 Å². The molecule has 2 rings (SSSR count). The van der Waals surface area contributed by atoms with Crippen LogP contribution < -0.4 is 9.47 Å². The van der Waals surface area contributed by atoms with Gasteiger partial charge in [0, 0.05) is 12.8 Å². The van der Waals surface area contributed by atoms with Gasteiger partial charge in [0.15, 0.2) is 9.84 Å². The molecule has 0 heterocycles. The van der Waals surface area contributed by atoms with Gasteiger partial charge in [-0.1, -0.05) is 13.8 Å². The summed E-state index contributed by atoms with van der Waals surface area (Å²) in [4.78, 5) is 2.58. The van der Waals surface area contributed by atoms with Crippen LogP contribution in [0.1, 0.15) is 13.8 Å². The first-order chi connectivity index (χ1) is 11.9. The summed E-state index contributed by atoms with van der Waals surface area (Å²) in [5.41, 5.74) is 0. The first-order valence-corrected chi connectivity index (χ1v) is 10.2. The van der Waals surface area contributed by atoms with Crippen LogP contribution in [0.3, 0.4) is 0 Å². The van der Waals surface area contributed by atoms with Crippen molar-refractivity contribution in [1.82, 2.24) is 4.90 Å². The van der Waals surface area contributed by atoms with Crippen LogP contribution >= 0.6 is 0 Å². The Kier molecular flexibility index (Phi) is 6.84. The van der Waals surface area contributed by atoms with Crippen LogP contribution in [0.25, 0.3) is 0 Å². The molecule has 0 saturated carbocycles. The minimum Gasteiger partial charge on any atom is -0.492 e. The van der Waals surface area contributed by atoms with Crippen LogP contribution in [0.15, 0.2) is 53.4 Å². The second-order valence-corrected chi connectivity index (χ2v) is 7.71. The van der Waals surface area contributed by atoms with E-state index in [1.807, 2.05) is 24.3 Å². The molecule has 0 amide bonds. The predicted molar refractivity (Wildman–Crippen MR) is 99.4 cm³/mol. The molecular formula is C19H25NO4S. The maximum atomic E-state index is 11.4. The van der Waals surface area contributed by atoms with Crippen molar-refractivity contribution in [1.29, 1.82) is 0 Å². The average Bonchev–Trinajstić information content (AvgIpc) is 2.60. The van der Waals surface area contributed by atoms with Crippen molar-refractivity contribution < 1.29 is 17.9 Å². The van der Waals surface area contributed by atoms with E-state index >= 15 is 0 Å². The van der Waals surface area contributed by atoms with Gasteiger partial charge >= 0.3 is 0 Å². The smallest absolute Gasteiger partial charge is 0.175 e. The zero-order chi connectivity index (χ0) is 18.3. The Hall–Kier alpha value is -2.05. The van der Waals surface area contributed by atoms with Crippen molar-refractivity contribution in [2.45, 2.75) is 18.7 Å². The van der Waals surface area contributed by atoms with Crippen molar-refractivity contribution in [2.24, 2.45) is 0 Å². The Morgan fingerprint density at radius 2 is 1.32 bits per heavy atom. The summed E-state index contributed by atoms with van der Waals surface area (Å²) in [6, 6.07) is 13.7. The third kappa shape index (κ3) is 6.07. The monoisotopic (exact) mass is 363 g/mol. The Morgan fingerprint density at radius 1 is 0.840 bits per heavy atom. The number of hydrogen-bond acceptors (Lipinski definition) is 5. The summed E-state index contributed by atoms with van der Waals surface area (Å²) in [5.74, 6) is 2.05. The van der Waals surface area contributed by atoms with E-state index in [0.29, 0.717) is 18.1 Å². The van der Waals surface area contributed by atoms with Gasteiger partial charge in [-0.2, -0.15) is 0 Å². The summed E-state index contributed by atoms with van der Waals surface area (Å²) in [7, 11) is -3.19. The average molecular weight is 363 g/mol. The molecule has 25 heavy (non-hydrogen) atoms. The second kappa shape index (κ2) is 8.87. The highest BCUT2D eigenvalue weighted by molar-refractivity contribution is 7.90. The zero-order valence-electron chi connectivity index (χ0n) is 14.9. The maximum absolute atomic E-state index is 11.4. The Balaban J connectivity index is 1.89. The molecule has 0 spiro atoms. The van der Waals surface area contributed by atoms with Crippen molar-refractivity contribution in [3.05, 3.63) is 48.5 Å². The molecule has 2 aromatic rings. The first kappa shape index (κ1) is 19.3. The van der Waals surface area contributed by atoms with Crippen molar-refractivity contribution in [2.75, 3.05) is 32.5 Å². The molecule has 0 saturated heterocycles. The van der Waals surface area contributed by atoms with E-state index in [9.17, 15) is 8.42 Å². The fourth-order valence-electron chi connectivity index (χ4n) is 2.33. The van der Waals surface area contributed by atoms with Crippen LogP contribution in [0.5, 0.6) is 17.2 Å². The number of rotatable bonds is 9. The minimum atomic E-state index is -3.19. The van der Waals surface area contributed by atoms with Gasteiger partial charge in [0.05, 0.1) is 4.90 Å². The quantitative estimate of drug-likeness (QED) is 0.681. The normalized spacial score (nSPS) is 11.5. The third-order valence-corrected chi connectivity index (χ3v) is 5.01. The molecule has 0 bridgehead atoms. The highest BCUT2D eigenvalue weighted by Crippen LogP contribution is 2.25. The van der Waals surface area contributed by atoms with Crippen LogP contribution in [-0.4, -0.2) is 45.8 Å². The Labute approximate surface area is 150 Å². The molecule has 0 aromatic heterocycles. The van der Waals surface area contributed by atoms with E-state index in [2.05, 4.69) is 18.7 Å². The van der Waals surface area contributed by atoms with Crippen LogP contribution in [0.2, 0.25) is 0 Å². The molecule has 6 heteroatoms. The topological polar surface area (TPSA) is 55.8 Å². The van der Waals surface area contributed by atoms with Crippen LogP contribution in [0.4, 0.5) is 0 Å². The van der Waals surface area contributed by atoms with Gasteiger partial charge in [-0.05, 0) is 61.6 Å². The molecule has 0 atom stereocenters. The Bertz CT molecular complexity index is 751. The number of nitrogens with zero attached hydrogens (tertiary/aromatic N) is 1. The molecule has 136 valence electrons. The van der Waals surface area contributed by atoms with Crippen LogP contribution in [-0.2, 0) is 9.84 Å². The molecule has 5 nitrogen and oxygen atoms in total. The SMILES string of the molecule is CCN(CC)CCOc1ccc(Oc2ccc(S(C)(=O)=O)cc2)cc1. The van der Waals surface area contributed by atoms with E-state index < -0.39 is 9.84 Å². The fraction of sp³-hybridized carbons (Fsp3) is 0.368. The van der Waals surface area contributed by atoms with E-state index in [4.69, 9.17) is 9.47 Å². The fourth-order valence-corrected chi connectivity index (χ4v) is 2.96. The van der Waals surface area contributed by atoms with Gasteiger partial charge in [0.1, 0.15) is 23.9 Å². The highest BCUT2D eigenvalue weighted by Gasteiger charge is 2.07. The number of sulfone groups is 1. The summed E-state index contributed by atoms with van der Waals surface area (Å²) in [6.07, 6.45) is 1.18. The van der Waals surface area contributed by atoms with E-state index in [0.717, 1.165) is 25.4 Å². The van der Waals surface area contributed by atoms with Crippen molar-refractivity contribution in [3.8, 4) is 17.2 Å². The summed E-state index contributed by atoms with van der Waals surface area (Å²) in [6.45, 7) is 7.86. The van der Waals surface area contributed by atoms with Crippen molar-refractivity contribution >= 4 is 9.84 Å². The van der Waals surface area contributed by atoms with E-state index in [-0.39, 0.29) is 4.90 Å². The molecule has 0 aliphatic rings. The highest BCUT2D eigenvalue weighted by atomic mass is 32.2. The Morgan fingerprint density at radius 3 is 1.80 bits per heavy atom. The third-order valence-electron chi connectivity index (χ3n) is 3.88. The molecule has 2 aromatic carbocycles. The second-order valence-electron chi connectivity index (χ2n) is 5.69. The largest absolute Gasteiger partial charge is 0.492 e. The van der Waals surface area contributed by atoms with E-state index in [1.165, 1.54) is 18.4 Å². The molecule has 0 radical (unpaired) electrons. The van der Waals surface area contributed by atoms with Gasteiger partial charge in [-0.15, -0.1) is 0 Å². The summed E-state index contributed by atoms with van der Waals surface area (Å²) in [5, 5.41) is 0. The molecule has 0 aliphatic heterocycles. The zero-order valence-corrected chi connectivity index (χ0v) is 15.8. The molecule has 0 N–H and O–H groups in total. The first-order valence-electron chi connectivity index (χ1n) is 8.35. The number of likely N-dealkylation sites (N-methyl/N-ethyl adjacent to an activating group) is 1. The maximum Gasteiger partial charge on any atom is 0.175 e. The van der Waals surface area contributed by atoms with Gasteiger partial charge in [-0.25, -0.2) is 8.42 Å². The summed E-state index contributed by atoms with van der Waals surface area (Å²) < 4.78 is 34.4. The molecule has 0 unspecified atom stereocenters. The lowest BCUT2D eigenvalue weighted by Crippen LogP contribution is -2.27. The van der Waals surface area contributed by atoms with Gasteiger partial charge in [-0.3, -0.25) is 0 Å². The standard InChI is InChI=1S/C19H25NO4S/c1-4-20(5-2)14-15-23-16-6-8-17(9-7-16)24-18-10-12-19(13-11-18)25(3,21)22/h6-13H,4-5,14-15H2,1-3H3. The number of ether oxygens (including phenoxy) is 2. The van der Waals surface area contributed by atoms with Crippen molar-refractivity contribution in [3.63, 3.8) is 0 Å². The number of benzene rings is 2.